The van der Waals surface area contributed by atoms with Crippen LogP contribution in [0.25, 0.3) is 10.9 Å². The quantitative estimate of drug-likeness (QED) is 0.705. The Bertz CT molecular complexity index is 743. The highest BCUT2D eigenvalue weighted by molar-refractivity contribution is 9.10. The molecule has 3 nitrogen and oxygen atoms in total. The van der Waals surface area contributed by atoms with Gasteiger partial charge in [-0.3, -0.25) is 0 Å². The molecule has 94 valence electrons. The predicted octanol–water partition coefficient (Wildman–Crippen LogP) is 4.32. The van der Waals surface area contributed by atoms with Crippen molar-refractivity contribution in [3.8, 4) is 11.6 Å². The van der Waals surface area contributed by atoms with Gasteiger partial charge in [0.05, 0.1) is 15.4 Å². The maximum atomic E-state index is 13.2. The van der Waals surface area contributed by atoms with Crippen molar-refractivity contribution in [3.05, 3.63) is 59.1 Å². The molecule has 5 heteroatoms. The smallest absolute Gasteiger partial charge is 0.230 e. The summed E-state index contributed by atoms with van der Waals surface area (Å²) in [5.41, 5.74) is 0.778. The summed E-state index contributed by atoms with van der Waals surface area (Å²) in [6.07, 6.45) is 1.42. The van der Waals surface area contributed by atoms with E-state index in [-0.39, 0.29) is 5.82 Å². The van der Waals surface area contributed by atoms with Gasteiger partial charge < -0.3 is 4.74 Å². The van der Waals surface area contributed by atoms with Crippen LogP contribution in [0.4, 0.5) is 4.39 Å². The number of hydrogen-bond donors (Lipinski definition) is 0. The maximum Gasteiger partial charge on any atom is 0.230 e. The minimum atomic E-state index is -0.364. The first-order valence-corrected chi connectivity index (χ1v) is 6.36. The molecule has 3 rings (SSSR count). The average molecular weight is 319 g/mol. The van der Waals surface area contributed by atoms with Crippen LogP contribution in [0.15, 0.2) is 53.3 Å². The molecule has 19 heavy (non-hydrogen) atoms. The molecular formula is C14H8BrFN2O. The summed E-state index contributed by atoms with van der Waals surface area (Å²) in [4.78, 5) is 8.24. The summed E-state index contributed by atoms with van der Waals surface area (Å²) in [5.74, 6) is 0.414. The molecule has 0 fully saturated rings. The van der Waals surface area contributed by atoms with Gasteiger partial charge in [0.25, 0.3) is 0 Å². The zero-order valence-electron chi connectivity index (χ0n) is 9.68. The highest BCUT2D eigenvalue weighted by Crippen LogP contribution is 2.32. The third-order valence-corrected chi connectivity index (χ3v) is 3.26. The predicted molar refractivity (Wildman–Crippen MR) is 73.7 cm³/mol. The summed E-state index contributed by atoms with van der Waals surface area (Å²) >= 11 is 3.32. The van der Waals surface area contributed by atoms with E-state index in [2.05, 4.69) is 25.9 Å². The van der Waals surface area contributed by atoms with Crippen LogP contribution >= 0.6 is 15.9 Å². The zero-order chi connectivity index (χ0) is 13.2. The molecule has 0 unspecified atom stereocenters. The molecule has 0 radical (unpaired) electrons. The number of hydrogen-bond acceptors (Lipinski definition) is 3. The van der Waals surface area contributed by atoms with Gasteiger partial charge in [-0.15, -0.1) is 0 Å². The lowest BCUT2D eigenvalue weighted by Crippen LogP contribution is -1.92. The second-order valence-electron chi connectivity index (χ2n) is 3.87. The summed E-state index contributed by atoms with van der Waals surface area (Å²) in [5, 5.41) is 0.779. The Morgan fingerprint density at radius 2 is 1.89 bits per heavy atom. The van der Waals surface area contributed by atoms with Gasteiger partial charge in [-0.2, -0.15) is 0 Å². The highest BCUT2D eigenvalue weighted by atomic mass is 79.9. The molecule has 0 saturated heterocycles. The van der Waals surface area contributed by atoms with Crippen LogP contribution in [0.5, 0.6) is 11.6 Å². The van der Waals surface area contributed by atoms with E-state index in [9.17, 15) is 4.39 Å². The molecule has 0 bridgehead atoms. The van der Waals surface area contributed by atoms with Crippen molar-refractivity contribution in [2.24, 2.45) is 0 Å². The molecule has 0 aliphatic carbocycles. The van der Waals surface area contributed by atoms with Gasteiger partial charge in [-0.1, -0.05) is 12.1 Å². The molecular weight excluding hydrogens is 311 g/mol. The summed E-state index contributed by atoms with van der Waals surface area (Å²) < 4.78 is 19.6. The molecule has 0 saturated carbocycles. The average Bonchev–Trinajstić information content (AvgIpc) is 2.43. The van der Waals surface area contributed by atoms with E-state index in [1.165, 1.54) is 18.5 Å². The summed E-state index contributed by atoms with van der Waals surface area (Å²) in [6.45, 7) is 0. The Balaban J connectivity index is 2.08. The Morgan fingerprint density at radius 1 is 1.05 bits per heavy atom. The van der Waals surface area contributed by atoms with Crippen LogP contribution in [0.3, 0.4) is 0 Å². The lowest BCUT2D eigenvalue weighted by Gasteiger charge is -2.08. The Kier molecular flexibility index (Phi) is 3.13. The Hall–Kier alpha value is -2.01. The highest BCUT2D eigenvalue weighted by Gasteiger charge is 2.09. The molecule has 0 aliphatic heterocycles. The molecule has 2 aromatic carbocycles. The molecule has 1 heterocycles. The first-order valence-electron chi connectivity index (χ1n) is 5.57. The first kappa shape index (κ1) is 12.0. The van der Waals surface area contributed by atoms with Crippen molar-refractivity contribution in [2.45, 2.75) is 0 Å². The first-order chi connectivity index (χ1) is 9.24. The number of para-hydroxylation sites is 1. The monoisotopic (exact) mass is 318 g/mol. The van der Waals surface area contributed by atoms with Crippen LogP contribution in [0.2, 0.25) is 0 Å². The fourth-order valence-corrected chi connectivity index (χ4v) is 2.05. The SMILES string of the molecule is Fc1ccc(Br)c(Oc2ncnc3ccccc23)c1. The molecule has 0 amide bonds. The topological polar surface area (TPSA) is 35.0 Å². The van der Waals surface area contributed by atoms with E-state index in [1.807, 2.05) is 24.3 Å². The molecule has 3 aromatic rings. The van der Waals surface area contributed by atoms with E-state index in [1.54, 1.807) is 6.07 Å². The van der Waals surface area contributed by atoms with Crippen LogP contribution in [0.1, 0.15) is 0 Å². The van der Waals surface area contributed by atoms with Gasteiger partial charge in [0.15, 0.2) is 0 Å². The fourth-order valence-electron chi connectivity index (χ4n) is 1.72. The van der Waals surface area contributed by atoms with Crippen LogP contribution in [-0.2, 0) is 0 Å². The lowest BCUT2D eigenvalue weighted by atomic mass is 10.2. The zero-order valence-corrected chi connectivity index (χ0v) is 11.3. The van der Waals surface area contributed by atoms with Gasteiger partial charge in [0.2, 0.25) is 5.88 Å². The Morgan fingerprint density at radius 3 is 2.79 bits per heavy atom. The Labute approximate surface area is 117 Å². The molecule has 1 aromatic heterocycles. The van der Waals surface area contributed by atoms with E-state index >= 15 is 0 Å². The number of benzene rings is 2. The van der Waals surface area contributed by atoms with Crippen molar-refractivity contribution in [1.29, 1.82) is 0 Å². The largest absolute Gasteiger partial charge is 0.437 e. The third kappa shape index (κ3) is 2.42. The molecule has 0 aliphatic rings. The van der Waals surface area contributed by atoms with E-state index in [0.29, 0.717) is 16.1 Å². The molecule has 0 atom stereocenters. The molecule has 0 spiro atoms. The number of ether oxygens (including phenoxy) is 1. The number of aromatic nitrogens is 2. The van der Waals surface area contributed by atoms with Gasteiger partial charge in [0, 0.05) is 6.07 Å². The number of nitrogens with zero attached hydrogens (tertiary/aromatic N) is 2. The van der Waals surface area contributed by atoms with Gasteiger partial charge in [-0.05, 0) is 40.2 Å². The van der Waals surface area contributed by atoms with Gasteiger partial charge in [-0.25, -0.2) is 14.4 Å². The minimum Gasteiger partial charge on any atom is -0.437 e. The van der Waals surface area contributed by atoms with Crippen molar-refractivity contribution in [1.82, 2.24) is 9.97 Å². The molecule has 0 N–H and O–H groups in total. The van der Waals surface area contributed by atoms with Crippen LogP contribution in [-0.4, -0.2) is 9.97 Å². The van der Waals surface area contributed by atoms with Crippen molar-refractivity contribution in [3.63, 3.8) is 0 Å². The number of halogens is 2. The maximum absolute atomic E-state index is 13.2. The second-order valence-corrected chi connectivity index (χ2v) is 4.73. The standard InChI is InChI=1S/C14H8BrFN2O/c15-11-6-5-9(16)7-13(11)19-14-10-3-1-2-4-12(10)17-8-18-14/h1-8H. The fraction of sp³-hybridized carbons (Fsp3) is 0. The van der Waals surface area contributed by atoms with Crippen molar-refractivity contribution >= 4 is 26.8 Å². The normalized spacial score (nSPS) is 10.6. The number of rotatable bonds is 2. The van der Waals surface area contributed by atoms with Crippen molar-refractivity contribution in [2.75, 3.05) is 0 Å². The van der Waals surface area contributed by atoms with E-state index in [4.69, 9.17) is 4.74 Å². The summed E-state index contributed by atoms with van der Waals surface area (Å²) in [7, 11) is 0. The number of fused-ring (bicyclic) bond motifs is 1. The minimum absolute atomic E-state index is 0.364. The lowest BCUT2D eigenvalue weighted by molar-refractivity contribution is 0.460. The van der Waals surface area contributed by atoms with Crippen LogP contribution < -0.4 is 4.74 Å². The summed E-state index contributed by atoms with van der Waals surface area (Å²) in [6, 6.07) is 11.7. The van der Waals surface area contributed by atoms with E-state index < -0.39 is 0 Å². The third-order valence-electron chi connectivity index (χ3n) is 2.61. The van der Waals surface area contributed by atoms with Crippen LogP contribution in [0, 0.1) is 5.82 Å². The van der Waals surface area contributed by atoms with Crippen molar-refractivity contribution < 1.29 is 9.13 Å². The van der Waals surface area contributed by atoms with Gasteiger partial charge in [0.1, 0.15) is 17.9 Å². The van der Waals surface area contributed by atoms with Gasteiger partial charge >= 0.3 is 0 Å². The second kappa shape index (κ2) is 4.93. The van der Waals surface area contributed by atoms with E-state index in [0.717, 1.165) is 10.9 Å².